The minimum absolute atomic E-state index is 0.0264. The van der Waals surface area contributed by atoms with E-state index in [1.54, 1.807) is 42.5 Å². The van der Waals surface area contributed by atoms with Crippen molar-refractivity contribution in [1.82, 2.24) is 10.2 Å². The highest BCUT2D eigenvalue weighted by atomic mass is 35.5. The molecule has 2 unspecified atom stereocenters. The molecular formula is C24H28Cl2N2O6. The van der Waals surface area contributed by atoms with Crippen molar-refractivity contribution in [2.45, 2.75) is 38.0 Å². The Balaban J connectivity index is 1.50. The van der Waals surface area contributed by atoms with E-state index in [0.29, 0.717) is 28.9 Å². The van der Waals surface area contributed by atoms with Gasteiger partial charge in [0.25, 0.3) is 5.91 Å². The van der Waals surface area contributed by atoms with Crippen LogP contribution in [0.4, 0.5) is 0 Å². The van der Waals surface area contributed by atoms with Crippen molar-refractivity contribution in [3.05, 3.63) is 58.1 Å². The van der Waals surface area contributed by atoms with Gasteiger partial charge in [-0.3, -0.25) is 9.69 Å². The van der Waals surface area contributed by atoms with E-state index >= 15 is 0 Å². The summed E-state index contributed by atoms with van der Waals surface area (Å²) in [5.74, 6) is -0.811. The van der Waals surface area contributed by atoms with Gasteiger partial charge in [0.2, 0.25) is 0 Å². The van der Waals surface area contributed by atoms with Crippen molar-refractivity contribution in [2.24, 2.45) is 0 Å². The Morgan fingerprint density at radius 3 is 2.65 bits per heavy atom. The van der Waals surface area contributed by atoms with Gasteiger partial charge in [-0.05, 0) is 44.5 Å². The molecule has 1 heterocycles. The predicted octanol–water partition coefficient (Wildman–Crippen LogP) is 3.48. The standard InChI is InChI=1S/C24H28Cl2N2O6/c1-24(2,23(31)32)27-22(30)18-5-3-4-6-21(18)33-14-15(29)12-28-10-9-17(13-28)34-16-7-8-19(25)20(26)11-16/h3-8,11,15,17,29H,9-10,12-14H2,1-2H3,(H,27,30)(H,31,32). The van der Waals surface area contributed by atoms with Crippen LogP contribution < -0.4 is 14.8 Å². The number of halogens is 2. The maximum Gasteiger partial charge on any atom is 0.328 e. The van der Waals surface area contributed by atoms with Crippen molar-refractivity contribution in [1.29, 1.82) is 0 Å². The summed E-state index contributed by atoms with van der Waals surface area (Å²) < 4.78 is 11.7. The molecule has 2 aromatic carbocycles. The maximum atomic E-state index is 12.6. The molecule has 0 aliphatic carbocycles. The molecule has 2 atom stereocenters. The fourth-order valence-corrected chi connectivity index (χ4v) is 3.81. The van der Waals surface area contributed by atoms with E-state index in [2.05, 4.69) is 10.2 Å². The molecule has 1 aliphatic rings. The van der Waals surface area contributed by atoms with Gasteiger partial charge in [-0.2, -0.15) is 0 Å². The van der Waals surface area contributed by atoms with Crippen molar-refractivity contribution < 1.29 is 29.3 Å². The number of likely N-dealkylation sites (tertiary alicyclic amines) is 1. The van der Waals surface area contributed by atoms with Crippen molar-refractivity contribution in [3.63, 3.8) is 0 Å². The number of carboxylic acids is 1. The molecule has 10 heteroatoms. The number of aliphatic carboxylic acids is 1. The summed E-state index contributed by atoms with van der Waals surface area (Å²) >= 11 is 12.0. The summed E-state index contributed by atoms with van der Waals surface area (Å²) in [5.41, 5.74) is -1.24. The van der Waals surface area contributed by atoms with Gasteiger partial charge in [0.05, 0.1) is 15.6 Å². The number of hydrogen-bond acceptors (Lipinski definition) is 6. The van der Waals surface area contributed by atoms with Gasteiger partial charge in [0.1, 0.15) is 35.9 Å². The van der Waals surface area contributed by atoms with Crippen LogP contribution in [-0.4, -0.2) is 71.0 Å². The van der Waals surface area contributed by atoms with E-state index in [4.69, 9.17) is 32.7 Å². The molecule has 0 saturated carbocycles. The highest BCUT2D eigenvalue weighted by Crippen LogP contribution is 2.28. The molecule has 34 heavy (non-hydrogen) atoms. The number of hydrogen-bond donors (Lipinski definition) is 3. The number of amides is 1. The van der Waals surface area contributed by atoms with Gasteiger partial charge in [0.15, 0.2) is 0 Å². The van der Waals surface area contributed by atoms with Crippen LogP contribution in [0.3, 0.4) is 0 Å². The van der Waals surface area contributed by atoms with Crippen LogP contribution >= 0.6 is 23.2 Å². The highest BCUT2D eigenvalue weighted by Gasteiger charge is 2.30. The maximum absolute atomic E-state index is 12.6. The van der Waals surface area contributed by atoms with E-state index in [1.165, 1.54) is 13.8 Å². The van der Waals surface area contributed by atoms with E-state index in [9.17, 15) is 19.8 Å². The molecule has 1 aliphatic heterocycles. The second kappa shape index (κ2) is 11.3. The summed E-state index contributed by atoms with van der Waals surface area (Å²) in [4.78, 5) is 26.0. The van der Waals surface area contributed by atoms with Crippen LogP contribution in [0.1, 0.15) is 30.6 Å². The van der Waals surface area contributed by atoms with Crippen LogP contribution in [0, 0.1) is 0 Å². The largest absolute Gasteiger partial charge is 0.490 e. The SMILES string of the molecule is CC(C)(NC(=O)c1ccccc1OCC(O)CN1CCC(Oc2ccc(Cl)c(Cl)c2)C1)C(=O)O. The quantitative estimate of drug-likeness (QED) is 0.448. The molecule has 1 fully saturated rings. The molecule has 3 N–H and O–H groups in total. The number of benzene rings is 2. The first-order valence-electron chi connectivity index (χ1n) is 10.8. The lowest BCUT2D eigenvalue weighted by Crippen LogP contribution is -2.49. The number of ether oxygens (including phenoxy) is 2. The number of carboxylic acid groups (broad SMARTS) is 1. The van der Waals surface area contributed by atoms with Gasteiger partial charge in [-0.25, -0.2) is 4.79 Å². The third kappa shape index (κ3) is 6.99. The van der Waals surface area contributed by atoms with Gasteiger partial charge < -0.3 is 25.0 Å². The first-order chi connectivity index (χ1) is 16.0. The van der Waals surface area contributed by atoms with Gasteiger partial charge >= 0.3 is 5.97 Å². The van der Waals surface area contributed by atoms with Crippen molar-refractivity contribution in [2.75, 3.05) is 26.2 Å². The number of carbonyl (C=O) groups excluding carboxylic acids is 1. The molecule has 8 nitrogen and oxygen atoms in total. The molecular weight excluding hydrogens is 483 g/mol. The molecule has 0 bridgehead atoms. The molecule has 1 saturated heterocycles. The lowest BCUT2D eigenvalue weighted by atomic mass is 10.0. The van der Waals surface area contributed by atoms with E-state index in [-0.39, 0.29) is 24.0 Å². The Morgan fingerprint density at radius 1 is 1.21 bits per heavy atom. The second-order valence-electron chi connectivity index (χ2n) is 8.71. The minimum Gasteiger partial charge on any atom is -0.490 e. The number of nitrogens with zero attached hydrogens (tertiary/aromatic N) is 1. The smallest absolute Gasteiger partial charge is 0.328 e. The predicted molar refractivity (Wildman–Crippen MR) is 129 cm³/mol. The first-order valence-corrected chi connectivity index (χ1v) is 11.6. The molecule has 2 aromatic rings. The average molecular weight is 511 g/mol. The zero-order valence-electron chi connectivity index (χ0n) is 19.0. The van der Waals surface area contributed by atoms with Gasteiger partial charge in [-0.15, -0.1) is 0 Å². The number of aliphatic hydroxyl groups is 1. The zero-order chi connectivity index (χ0) is 24.9. The summed E-state index contributed by atoms with van der Waals surface area (Å²) in [6.07, 6.45) is -0.0291. The van der Waals surface area contributed by atoms with Crippen LogP contribution in [0.25, 0.3) is 0 Å². The normalized spacial score (nSPS) is 17.3. The highest BCUT2D eigenvalue weighted by molar-refractivity contribution is 6.42. The summed E-state index contributed by atoms with van der Waals surface area (Å²) in [7, 11) is 0. The summed E-state index contributed by atoms with van der Waals surface area (Å²) in [6.45, 7) is 4.54. The summed E-state index contributed by atoms with van der Waals surface area (Å²) in [6, 6.07) is 11.6. The topological polar surface area (TPSA) is 108 Å². The lowest BCUT2D eigenvalue weighted by Gasteiger charge is -2.23. The molecule has 1 amide bonds. The van der Waals surface area contributed by atoms with Gasteiger partial charge in [-0.1, -0.05) is 35.3 Å². The summed E-state index contributed by atoms with van der Waals surface area (Å²) in [5, 5.41) is 23.1. The molecule has 184 valence electrons. The Labute approximate surface area is 208 Å². The minimum atomic E-state index is -1.44. The number of rotatable bonds is 10. The fraction of sp³-hybridized carbons (Fsp3) is 0.417. The lowest BCUT2D eigenvalue weighted by molar-refractivity contribution is -0.143. The number of β-amino-alcohol motifs (C(OH)–C–C–N with tert-alkyl or cyclic N) is 1. The first kappa shape index (κ1) is 26.1. The average Bonchev–Trinajstić information content (AvgIpc) is 3.21. The molecule has 0 aromatic heterocycles. The Morgan fingerprint density at radius 2 is 1.94 bits per heavy atom. The van der Waals surface area contributed by atoms with Gasteiger partial charge in [0, 0.05) is 25.7 Å². The van der Waals surface area contributed by atoms with Crippen molar-refractivity contribution in [3.8, 4) is 11.5 Å². The molecule has 3 rings (SSSR count). The Hall–Kier alpha value is -2.52. The zero-order valence-corrected chi connectivity index (χ0v) is 20.5. The Bertz CT molecular complexity index is 1030. The van der Waals surface area contributed by atoms with E-state index in [0.717, 1.165) is 13.0 Å². The molecule has 0 radical (unpaired) electrons. The second-order valence-corrected chi connectivity index (χ2v) is 9.52. The van der Waals surface area contributed by atoms with E-state index < -0.39 is 23.5 Å². The number of para-hydroxylation sites is 1. The number of carbonyl (C=O) groups is 2. The van der Waals surface area contributed by atoms with Crippen LogP contribution in [0.15, 0.2) is 42.5 Å². The van der Waals surface area contributed by atoms with Crippen LogP contribution in [-0.2, 0) is 4.79 Å². The third-order valence-corrected chi connectivity index (χ3v) is 6.15. The number of nitrogens with one attached hydrogen (secondary N) is 1. The van der Waals surface area contributed by atoms with Crippen LogP contribution in [0.5, 0.6) is 11.5 Å². The Kier molecular flexibility index (Phi) is 8.65. The third-order valence-electron chi connectivity index (χ3n) is 5.42. The van der Waals surface area contributed by atoms with Crippen molar-refractivity contribution >= 4 is 35.1 Å². The van der Waals surface area contributed by atoms with Crippen LogP contribution in [0.2, 0.25) is 10.0 Å². The number of aliphatic hydroxyl groups excluding tert-OH is 1. The monoisotopic (exact) mass is 510 g/mol. The van der Waals surface area contributed by atoms with E-state index in [1.807, 2.05) is 0 Å². The molecule has 0 spiro atoms. The fourth-order valence-electron chi connectivity index (χ4n) is 3.52.